The fraction of sp³-hybridized carbons (Fsp3) is 0.520. The summed E-state index contributed by atoms with van der Waals surface area (Å²) in [4.78, 5) is 37.5. The molecule has 0 aliphatic heterocycles. The predicted molar refractivity (Wildman–Crippen MR) is 133 cm³/mol. The third-order valence-corrected chi connectivity index (χ3v) is 6.79. The van der Waals surface area contributed by atoms with E-state index in [0.717, 1.165) is 44.2 Å². The molecule has 2 saturated carbocycles. The number of anilines is 3. The first-order chi connectivity index (χ1) is 17.0. The van der Waals surface area contributed by atoms with Crippen molar-refractivity contribution < 1.29 is 9.59 Å². The van der Waals surface area contributed by atoms with Gasteiger partial charge in [-0.15, -0.1) is 5.10 Å². The highest BCUT2D eigenvalue weighted by atomic mass is 16.2. The number of hydrogen-bond donors (Lipinski definition) is 3. The van der Waals surface area contributed by atoms with E-state index in [0.29, 0.717) is 47.1 Å². The number of Topliss-reactive ketones (excluding diaryl/α,β-unsaturated/α-hetero) is 1. The van der Waals surface area contributed by atoms with Crippen LogP contribution in [0.4, 0.5) is 17.3 Å². The predicted octanol–water partition coefficient (Wildman–Crippen LogP) is 3.93. The molecule has 0 radical (unpaired) electrons. The van der Waals surface area contributed by atoms with Crippen LogP contribution in [0.25, 0.3) is 5.65 Å². The van der Waals surface area contributed by atoms with E-state index in [-0.39, 0.29) is 17.9 Å². The van der Waals surface area contributed by atoms with Crippen molar-refractivity contribution in [3.63, 3.8) is 0 Å². The van der Waals surface area contributed by atoms with Gasteiger partial charge in [-0.2, -0.15) is 0 Å². The van der Waals surface area contributed by atoms with Gasteiger partial charge in [0.25, 0.3) is 5.91 Å². The SMILES string of the molecule is CC(C)C(=O)CC1CCC(Nc2cc(NC3CC3)c3ncc(C(=O)Nc4ccncn4)n3n2)CC1. The Morgan fingerprint density at radius 1 is 1.03 bits per heavy atom. The molecule has 3 N–H and O–H groups in total. The molecule has 2 fully saturated rings. The van der Waals surface area contributed by atoms with Crippen molar-refractivity contribution in [2.75, 3.05) is 16.0 Å². The summed E-state index contributed by atoms with van der Waals surface area (Å²) in [6.07, 6.45) is 11.5. The number of ketones is 1. The summed E-state index contributed by atoms with van der Waals surface area (Å²) in [5.41, 5.74) is 1.81. The van der Waals surface area contributed by atoms with Gasteiger partial charge < -0.3 is 16.0 Å². The molecule has 2 aliphatic carbocycles. The number of amides is 1. The van der Waals surface area contributed by atoms with Gasteiger partial charge in [-0.05, 0) is 50.5 Å². The topological polar surface area (TPSA) is 126 Å². The van der Waals surface area contributed by atoms with Crippen molar-refractivity contribution >= 4 is 34.7 Å². The van der Waals surface area contributed by atoms with Gasteiger partial charge in [0.1, 0.15) is 23.7 Å². The molecular weight excluding hydrogens is 444 g/mol. The fourth-order valence-corrected chi connectivity index (χ4v) is 4.53. The van der Waals surface area contributed by atoms with Crippen molar-refractivity contribution in [2.45, 2.75) is 70.9 Å². The third kappa shape index (κ3) is 5.58. The minimum atomic E-state index is -0.339. The summed E-state index contributed by atoms with van der Waals surface area (Å²) >= 11 is 0. The second-order valence-electron chi connectivity index (χ2n) is 9.98. The highest BCUT2D eigenvalue weighted by Crippen LogP contribution is 2.32. The van der Waals surface area contributed by atoms with Gasteiger partial charge in [-0.1, -0.05) is 13.8 Å². The second kappa shape index (κ2) is 9.97. The quantitative estimate of drug-likeness (QED) is 0.424. The first kappa shape index (κ1) is 23.2. The number of aromatic nitrogens is 5. The van der Waals surface area contributed by atoms with Gasteiger partial charge in [0.2, 0.25) is 0 Å². The molecule has 3 aromatic heterocycles. The summed E-state index contributed by atoms with van der Waals surface area (Å²) in [5, 5.41) is 14.6. The lowest BCUT2D eigenvalue weighted by molar-refractivity contribution is -0.123. The van der Waals surface area contributed by atoms with Crippen molar-refractivity contribution in [2.24, 2.45) is 11.8 Å². The Balaban J connectivity index is 1.33. The minimum absolute atomic E-state index is 0.107. The summed E-state index contributed by atoms with van der Waals surface area (Å²) in [5.74, 6) is 1.71. The number of fused-ring (bicyclic) bond motifs is 1. The molecular formula is C25H32N8O2. The Bertz CT molecular complexity index is 1200. The molecule has 35 heavy (non-hydrogen) atoms. The molecule has 0 aromatic carbocycles. The Morgan fingerprint density at radius 2 is 1.77 bits per heavy atom. The zero-order chi connectivity index (χ0) is 24.4. The highest BCUT2D eigenvalue weighted by Gasteiger charge is 2.27. The zero-order valence-corrected chi connectivity index (χ0v) is 20.2. The fourth-order valence-electron chi connectivity index (χ4n) is 4.53. The van der Waals surface area contributed by atoms with Crippen LogP contribution in [0.15, 0.2) is 30.9 Å². The summed E-state index contributed by atoms with van der Waals surface area (Å²) < 4.78 is 1.59. The van der Waals surface area contributed by atoms with Crippen molar-refractivity contribution in [1.29, 1.82) is 0 Å². The first-order valence-electron chi connectivity index (χ1n) is 12.5. The number of carbonyl (C=O) groups excluding carboxylic acids is 2. The van der Waals surface area contributed by atoms with Crippen molar-refractivity contribution in [1.82, 2.24) is 24.6 Å². The van der Waals surface area contributed by atoms with Crippen LogP contribution in [-0.2, 0) is 4.79 Å². The number of imidazole rings is 1. The van der Waals surface area contributed by atoms with E-state index in [2.05, 4.69) is 30.9 Å². The van der Waals surface area contributed by atoms with E-state index < -0.39 is 0 Å². The Labute approximate surface area is 204 Å². The normalized spacial score (nSPS) is 20.1. The van der Waals surface area contributed by atoms with E-state index in [9.17, 15) is 9.59 Å². The number of rotatable bonds is 9. The standard InChI is InChI=1S/C25H32N8O2/c1-15(2)21(34)11-16-3-5-18(6-4-16)30-23-12-19(29-17-7-8-17)24-27-13-20(33(24)32-23)25(35)31-22-9-10-26-14-28-22/h9-10,12-18,29H,3-8,11H2,1-2H3,(H,30,32)(H,26,28,31,35). The lowest BCUT2D eigenvalue weighted by atomic mass is 9.82. The summed E-state index contributed by atoms with van der Waals surface area (Å²) in [7, 11) is 0. The van der Waals surface area contributed by atoms with Gasteiger partial charge in [0, 0.05) is 36.7 Å². The molecule has 5 rings (SSSR count). The molecule has 0 bridgehead atoms. The smallest absolute Gasteiger partial charge is 0.277 e. The maximum absolute atomic E-state index is 13.0. The maximum atomic E-state index is 13.0. The second-order valence-corrected chi connectivity index (χ2v) is 9.98. The van der Waals surface area contributed by atoms with E-state index in [1.165, 1.54) is 12.5 Å². The third-order valence-electron chi connectivity index (χ3n) is 6.79. The molecule has 2 aliphatic rings. The Kier molecular flexibility index (Phi) is 6.61. The average molecular weight is 477 g/mol. The van der Waals surface area contributed by atoms with Crippen LogP contribution >= 0.6 is 0 Å². The molecule has 1 amide bonds. The van der Waals surface area contributed by atoms with Crippen LogP contribution in [0.1, 0.15) is 69.3 Å². The number of nitrogens with one attached hydrogen (secondary N) is 3. The molecule has 0 saturated heterocycles. The average Bonchev–Trinajstić information content (AvgIpc) is 3.56. The lowest BCUT2D eigenvalue weighted by Gasteiger charge is -2.29. The van der Waals surface area contributed by atoms with Crippen molar-refractivity contribution in [3.8, 4) is 0 Å². The Morgan fingerprint density at radius 3 is 2.46 bits per heavy atom. The Hall–Kier alpha value is -3.56. The van der Waals surface area contributed by atoms with Gasteiger partial charge in [-0.25, -0.2) is 19.5 Å². The van der Waals surface area contributed by atoms with Gasteiger partial charge >= 0.3 is 0 Å². The van der Waals surface area contributed by atoms with Crippen molar-refractivity contribution in [3.05, 3.63) is 36.5 Å². The van der Waals surface area contributed by atoms with Crippen LogP contribution in [0.3, 0.4) is 0 Å². The van der Waals surface area contributed by atoms with Gasteiger partial charge in [0.15, 0.2) is 11.3 Å². The minimum Gasteiger partial charge on any atom is -0.379 e. The number of hydrogen-bond acceptors (Lipinski definition) is 8. The van der Waals surface area contributed by atoms with Gasteiger partial charge in [0.05, 0.1) is 11.9 Å². The zero-order valence-electron chi connectivity index (χ0n) is 20.2. The molecule has 10 nitrogen and oxygen atoms in total. The summed E-state index contributed by atoms with van der Waals surface area (Å²) in [6.45, 7) is 3.95. The number of carbonyl (C=O) groups is 2. The van der Waals surface area contributed by atoms with Crippen LogP contribution in [-0.4, -0.2) is 48.3 Å². The molecule has 0 spiro atoms. The summed E-state index contributed by atoms with van der Waals surface area (Å²) in [6, 6.07) is 4.33. The molecule has 184 valence electrons. The molecule has 10 heteroatoms. The molecule has 3 aromatic rings. The lowest BCUT2D eigenvalue weighted by Crippen LogP contribution is -2.28. The maximum Gasteiger partial charge on any atom is 0.277 e. The van der Waals surface area contributed by atoms with Crippen LogP contribution in [0.5, 0.6) is 0 Å². The van der Waals surface area contributed by atoms with E-state index in [1.807, 2.05) is 19.9 Å². The van der Waals surface area contributed by atoms with E-state index >= 15 is 0 Å². The molecule has 3 heterocycles. The molecule has 0 atom stereocenters. The first-order valence-corrected chi connectivity index (χ1v) is 12.5. The van der Waals surface area contributed by atoms with Crippen LogP contribution in [0, 0.1) is 11.8 Å². The largest absolute Gasteiger partial charge is 0.379 e. The number of nitrogens with zero attached hydrogens (tertiary/aromatic N) is 5. The van der Waals surface area contributed by atoms with Gasteiger partial charge in [-0.3, -0.25) is 9.59 Å². The monoisotopic (exact) mass is 476 g/mol. The van der Waals surface area contributed by atoms with Crippen LogP contribution in [0.2, 0.25) is 0 Å². The molecule has 0 unspecified atom stereocenters. The highest BCUT2D eigenvalue weighted by molar-refractivity contribution is 6.03. The van der Waals surface area contributed by atoms with E-state index in [1.54, 1.807) is 16.8 Å². The van der Waals surface area contributed by atoms with E-state index in [4.69, 9.17) is 5.10 Å². The van der Waals surface area contributed by atoms with Crippen LogP contribution < -0.4 is 16.0 Å².